The third-order valence-corrected chi connectivity index (χ3v) is 4.35. The molecule has 1 heterocycles. The molecule has 3 rings (SSSR count). The molecule has 0 saturated heterocycles. The van der Waals surface area contributed by atoms with Gasteiger partial charge in [0.1, 0.15) is 5.01 Å². The van der Waals surface area contributed by atoms with Gasteiger partial charge in [0.15, 0.2) is 0 Å². The Morgan fingerprint density at radius 3 is 2.64 bits per heavy atom. The summed E-state index contributed by atoms with van der Waals surface area (Å²) in [5, 5.41) is 3.79. The molecule has 0 aliphatic carbocycles. The van der Waals surface area contributed by atoms with E-state index in [0.29, 0.717) is 0 Å². The van der Waals surface area contributed by atoms with Crippen LogP contribution in [0.15, 0.2) is 60.7 Å². The lowest BCUT2D eigenvalue weighted by atomic mass is 10.1. The second-order valence-electron chi connectivity index (χ2n) is 4.99. The average molecular weight is 308 g/mol. The number of thiazole rings is 1. The molecule has 1 N–H and O–H groups in total. The number of hydrogen-bond donors (Lipinski definition) is 1. The number of amides is 1. The van der Waals surface area contributed by atoms with E-state index in [4.69, 9.17) is 0 Å². The first-order valence-electron chi connectivity index (χ1n) is 7.11. The van der Waals surface area contributed by atoms with Crippen LogP contribution in [0.5, 0.6) is 0 Å². The van der Waals surface area contributed by atoms with Gasteiger partial charge in [-0.2, -0.15) is 0 Å². The van der Waals surface area contributed by atoms with Crippen LogP contribution >= 0.6 is 11.3 Å². The summed E-state index contributed by atoms with van der Waals surface area (Å²) >= 11 is 1.58. The maximum atomic E-state index is 12.0. The molecule has 1 aromatic heterocycles. The zero-order chi connectivity index (χ0) is 15.4. The molecular formula is C18H16N2OS. The first-order valence-corrected chi connectivity index (χ1v) is 7.93. The third kappa shape index (κ3) is 3.40. The van der Waals surface area contributed by atoms with E-state index in [2.05, 4.69) is 10.3 Å². The minimum absolute atomic E-state index is 0.0197. The summed E-state index contributed by atoms with van der Waals surface area (Å²) in [7, 11) is 0. The maximum absolute atomic E-state index is 12.0. The van der Waals surface area contributed by atoms with Gasteiger partial charge in [-0.1, -0.05) is 42.5 Å². The largest absolute Gasteiger partial charge is 0.346 e. The zero-order valence-corrected chi connectivity index (χ0v) is 13.0. The fraction of sp³-hybridized carbons (Fsp3) is 0.111. The highest BCUT2D eigenvalue weighted by Gasteiger charge is 2.07. The summed E-state index contributed by atoms with van der Waals surface area (Å²) < 4.78 is 1.13. The molecule has 1 unspecified atom stereocenters. The van der Waals surface area contributed by atoms with Crippen molar-refractivity contribution >= 4 is 33.5 Å². The fourth-order valence-corrected chi connectivity index (χ4v) is 3.07. The van der Waals surface area contributed by atoms with Gasteiger partial charge in [0.05, 0.1) is 16.3 Å². The lowest BCUT2D eigenvalue weighted by Gasteiger charge is -2.12. The standard InChI is InChI=1S/C18H16N2OS/c1-13(14-7-3-2-4-8-14)19-17(21)11-12-18-20-15-9-5-6-10-16(15)22-18/h2-13H,1H3,(H,19,21). The van der Waals surface area contributed by atoms with Crippen LogP contribution in [0.3, 0.4) is 0 Å². The smallest absolute Gasteiger partial charge is 0.244 e. The number of nitrogens with one attached hydrogen (secondary N) is 1. The molecule has 0 saturated carbocycles. The van der Waals surface area contributed by atoms with E-state index in [1.807, 2.05) is 61.5 Å². The summed E-state index contributed by atoms with van der Waals surface area (Å²) in [6.07, 6.45) is 3.30. The minimum atomic E-state index is -0.115. The van der Waals surface area contributed by atoms with Gasteiger partial charge in [-0.25, -0.2) is 4.98 Å². The molecular weight excluding hydrogens is 292 g/mol. The van der Waals surface area contributed by atoms with Gasteiger partial charge >= 0.3 is 0 Å². The van der Waals surface area contributed by atoms with Gasteiger partial charge in [0, 0.05) is 6.08 Å². The van der Waals surface area contributed by atoms with Crippen LogP contribution in [0.25, 0.3) is 16.3 Å². The first kappa shape index (κ1) is 14.5. The quantitative estimate of drug-likeness (QED) is 0.734. The molecule has 0 bridgehead atoms. The molecule has 22 heavy (non-hydrogen) atoms. The second kappa shape index (κ2) is 6.54. The topological polar surface area (TPSA) is 42.0 Å². The Morgan fingerprint density at radius 1 is 1.14 bits per heavy atom. The van der Waals surface area contributed by atoms with Crippen molar-refractivity contribution in [1.82, 2.24) is 10.3 Å². The van der Waals surface area contributed by atoms with E-state index >= 15 is 0 Å². The Balaban J connectivity index is 1.66. The second-order valence-corrected chi connectivity index (χ2v) is 6.06. The fourth-order valence-electron chi connectivity index (χ4n) is 2.19. The highest BCUT2D eigenvalue weighted by Crippen LogP contribution is 2.22. The van der Waals surface area contributed by atoms with Crippen molar-refractivity contribution in [3.05, 3.63) is 71.2 Å². The van der Waals surface area contributed by atoms with Crippen molar-refractivity contribution in [1.29, 1.82) is 0 Å². The average Bonchev–Trinajstić information content (AvgIpc) is 2.96. The summed E-state index contributed by atoms with van der Waals surface area (Å²) in [6, 6.07) is 17.8. The molecule has 0 aliphatic rings. The summed E-state index contributed by atoms with van der Waals surface area (Å²) in [5.41, 5.74) is 2.05. The van der Waals surface area contributed by atoms with Crippen molar-refractivity contribution in [2.75, 3.05) is 0 Å². The molecule has 1 atom stereocenters. The summed E-state index contributed by atoms with van der Waals surface area (Å²) in [6.45, 7) is 1.97. The van der Waals surface area contributed by atoms with Crippen molar-refractivity contribution < 1.29 is 4.79 Å². The van der Waals surface area contributed by atoms with Crippen molar-refractivity contribution in [3.8, 4) is 0 Å². The molecule has 0 aliphatic heterocycles. The molecule has 0 radical (unpaired) electrons. The number of nitrogens with zero attached hydrogens (tertiary/aromatic N) is 1. The molecule has 2 aromatic carbocycles. The van der Waals surface area contributed by atoms with Crippen LogP contribution in [0.1, 0.15) is 23.5 Å². The molecule has 3 aromatic rings. The number of hydrogen-bond acceptors (Lipinski definition) is 3. The number of carbonyl (C=O) groups is 1. The highest BCUT2D eigenvalue weighted by molar-refractivity contribution is 7.19. The van der Waals surface area contributed by atoms with Gasteiger partial charge in [-0.05, 0) is 30.7 Å². The van der Waals surface area contributed by atoms with E-state index in [9.17, 15) is 4.79 Å². The van der Waals surface area contributed by atoms with Gasteiger partial charge in [-0.3, -0.25) is 4.79 Å². The number of benzene rings is 2. The van der Waals surface area contributed by atoms with Gasteiger partial charge in [-0.15, -0.1) is 11.3 Å². The number of rotatable bonds is 4. The number of fused-ring (bicyclic) bond motifs is 1. The molecule has 1 amide bonds. The van der Waals surface area contributed by atoms with E-state index < -0.39 is 0 Å². The number of carbonyl (C=O) groups excluding carboxylic acids is 1. The Bertz CT molecular complexity index is 775. The predicted octanol–water partition coefficient (Wildman–Crippen LogP) is 4.19. The predicted molar refractivity (Wildman–Crippen MR) is 91.7 cm³/mol. The molecule has 110 valence electrons. The van der Waals surface area contributed by atoms with Gasteiger partial charge in [0.25, 0.3) is 0 Å². The lowest BCUT2D eigenvalue weighted by Crippen LogP contribution is -2.24. The Kier molecular flexibility index (Phi) is 4.30. The van der Waals surface area contributed by atoms with Crippen LogP contribution in [-0.2, 0) is 4.79 Å². The van der Waals surface area contributed by atoms with Crippen molar-refractivity contribution in [2.24, 2.45) is 0 Å². The van der Waals surface area contributed by atoms with Gasteiger partial charge < -0.3 is 5.32 Å². The van der Waals surface area contributed by atoms with Crippen LogP contribution in [-0.4, -0.2) is 10.9 Å². The Labute approximate surface area is 133 Å². The maximum Gasteiger partial charge on any atom is 0.244 e. The van der Waals surface area contributed by atoms with Crippen molar-refractivity contribution in [2.45, 2.75) is 13.0 Å². The zero-order valence-electron chi connectivity index (χ0n) is 12.2. The minimum Gasteiger partial charge on any atom is -0.346 e. The van der Waals surface area contributed by atoms with E-state index in [-0.39, 0.29) is 11.9 Å². The van der Waals surface area contributed by atoms with E-state index in [1.54, 1.807) is 17.4 Å². The molecule has 0 fully saturated rings. The third-order valence-electron chi connectivity index (χ3n) is 3.35. The van der Waals surface area contributed by atoms with Gasteiger partial charge in [0.2, 0.25) is 5.91 Å². The number of para-hydroxylation sites is 1. The van der Waals surface area contributed by atoms with Crippen LogP contribution in [0, 0.1) is 0 Å². The molecule has 4 heteroatoms. The summed E-state index contributed by atoms with van der Waals surface area (Å²) in [4.78, 5) is 16.5. The summed E-state index contributed by atoms with van der Waals surface area (Å²) in [5.74, 6) is -0.115. The van der Waals surface area contributed by atoms with E-state index in [0.717, 1.165) is 20.8 Å². The monoisotopic (exact) mass is 308 g/mol. The van der Waals surface area contributed by atoms with Crippen LogP contribution in [0.2, 0.25) is 0 Å². The molecule has 0 spiro atoms. The van der Waals surface area contributed by atoms with E-state index in [1.165, 1.54) is 6.08 Å². The Morgan fingerprint density at radius 2 is 1.86 bits per heavy atom. The van der Waals surface area contributed by atoms with Crippen LogP contribution < -0.4 is 5.32 Å². The number of aromatic nitrogens is 1. The highest BCUT2D eigenvalue weighted by atomic mass is 32.1. The first-order chi connectivity index (χ1) is 10.7. The molecule has 3 nitrogen and oxygen atoms in total. The SMILES string of the molecule is CC(NC(=O)C=Cc1nc2ccccc2s1)c1ccccc1. The van der Waals surface area contributed by atoms with Crippen LogP contribution in [0.4, 0.5) is 0 Å². The van der Waals surface area contributed by atoms with Crippen molar-refractivity contribution in [3.63, 3.8) is 0 Å². The lowest BCUT2D eigenvalue weighted by molar-refractivity contribution is -0.117. The normalized spacial score (nSPS) is 12.6. The Hall–Kier alpha value is -2.46.